The van der Waals surface area contributed by atoms with E-state index in [1.54, 1.807) is 12.6 Å². The van der Waals surface area contributed by atoms with Crippen LogP contribution in [0.2, 0.25) is 0 Å². The van der Waals surface area contributed by atoms with Crippen LogP contribution in [0.4, 0.5) is 0 Å². The molecular formula is C10H12CaN2O4. The maximum atomic E-state index is 10.3. The van der Waals surface area contributed by atoms with Crippen molar-refractivity contribution in [2.45, 2.75) is 37.8 Å². The molecule has 0 aromatic carbocycles. The first-order valence-electron chi connectivity index (χ1n) is 4.99. The Bertz CT molecular complexity index is 279. The number of rotatable bonds is 2. The van der Waals surface area contributed by atoms with Crippen molar-refractivity contribution < 1.29 is 19.2 Å². The number of nitrogens with one attached hydrogen (secondary N) is 2. The molecule has 2 N–H and O–H groups in total. The van der Waals surface area contributed by atoms with Gasteiger partial charge in [0.15, 0.2) is 0 Å². The van der Waals surface area contributed by atoms with Gasteiger partial charge < -0.3 is 20.2 Å². The largest absolute Gasteiger partial charge is 2.00 e. The molecule has 2 heterocycles. The third-order valence-corrected chi connectivity index (χ3v) is 2.28. The monoisotopic (exact) mass is 264 g/mol. The summed E-state index contributed by atoms with van der Waals surface area (Å²) < 4.78 is 0. The molecule has 2 fully saturated rings. The number of carbonyl (C=O) groups is 2. The zero-order valence-electron chi connectivity index (χ0n) is 9.32. The van der Waals surface area contributed by atoms with Crippen LogP contribution in [-0.4, -0.2) is 74.2 Å². The Labute approximate surface area is 129 Å². The van der Waals surface area contributed by atoms with Gasteiger partial charge in [-0.05, 0) is 12.8 Å². The van der Waals surface area contributed by atoms with E-state index in [-0.39, 0.29) is 61.6 Å². The summed E-state index contributed by atoms with van der Waals surface area (Å²) in [5, 5.41) is 4.88. The van der Waals surface area contributed by atoms with E-state index in [0.29, 0.717) is 25.7 Å². The molecule has 7 heteroatoms. The zero-order valence-corrected chi connectivity index (χ0v) is 11.5. The molecule has 2 saturated heterocycles. The molecule has 0 aromatic rings. The molecule has 0 unspecified atom stereocenters. The van der Waals surface area contributed by atoms with Gasteiger partial charge in [-0.15, -0.1) is 0 Å². The van der Waals surface area contributed by atoms with Gasteiger partial charge in [-0.25, -0.2) is 12.6 Å². The van der Waals surface area contributed by atoms with E-state index in [0.717, 1.165) is 0 Å². The van der Waals surface area contributed by atoms with Gasteiger partial charge in [0, 0.05) is 12.8 Å². The summed E-state index contributed by atoms with van der Waals surface area (Å²) in [5.41, 5.74) is 0. The second-order valence-corrected chi connectivity index (χ2v) is 3.55. The standard InChI is InChI=1S/2C5H6NO2.Ca/c2*7-3-4-1-2-5(8)6-4;/h2*4H,1-2H2,(H,6,8);/q2*-1;+2/t2*4-;/m00./s1. The van der Waals surface area contributed by atoms with E-state index < -0.39 is 0 Å². The second-order valence-electron chi connectivity index (χ2n) is 3.55. The molecular weight excluding hydrogens is 252 g/mol. The summed E-state index contributed by atoms with van der Waals surface area (Å²) >= 11 is 0. The van der Waals surface area contributed by atoms with Crippen LogP contribution in [0.25, 0.3) is 0 Å². The third kappa shape index (κ3) is 6.14. The molecule has 0 bridgehead atoms. The maximum Gasteiger partial charge on any atom is 2.00 e. The van der Waals surface area contributed by atoms with E-state index in [2.05, 4.69) is 10.6 Å². The smallest absolute Gasteiger partial charge is 0.540 e. The van der Waals surface area contributed by atoms with Gasteiger partial charge in [-0.3, -0.25) is 9.59 Å². The first kappa shape index (κ1) is 16.5. The summed E-state index contributed by atoms with van der Waals surface area (Å²) in [4.78, 5) is 40.3. The fourth-order valence-electron chi connectivity index (χ4n) is 1.40. The summed E-state index contributed by atoms with van der Waals surface area (Å²) in [6.45, 7) is 0. The van der Waals surface area contributed by atoms with Crippen molar-refractivity contribution in [3.05, 3.63) is 0 Å². The average molecular weight is 264 g/mol. The number of carbonyl (C=O) groups excluding carboxylic acids is 4. The summed E-state index contributed by atoms with van der Waals surface area (Å²) in [5.74, 6) is -0.0864. The number of hydrogen-bond donors (Lipinski definition) is 2. The quantitative estimate of drug-likeness (QED) is 0.462. The maximum absolute atomic E-state index is 10.3. The summed E-state index contributed by atoms with van der Waals surface area (Å²) in [6, 6.07) is -0.662. The van der Waals surface area contributed by atoms with Crippen LogP contribution in [0.1, 0.15) is 25.7 Å². The average Bonchev–Trinajstić information content (AvgIpc) is 2.88. The van der Waals surface area contributed by atoms with Crippen molar-refractivity contribution in [1.82, 2.24) is 10.6 Å². The fraction of sp³-hybridized carbons (Fsp3) is 0.600. The normalized spacial score (nSPS) is 25.9. The molecule has 2 aliphatic rings. The Morgan fingerprint density at radius 2 is 1.24 bits per heavy atom. The predicted molar refractivity (Wildman–Crippen MR) is 59.5 cm³/mol. The van der Waals surface area contributed by atoms with Gasteiger partial charge >= 0.3 is 37.7 Å². The van der Waals surface area contributed by atoms with Gasteiger partial charge in [-0.2, -0.15) is 0 Å². The second kappa shape index (κ2) is 8.60. The van der Waals surface area contributed by atoms with Crippen molar-refractivity contribution in [1.29, 1.82) is 0 Å². The first-order chi connectivity index (χ1) is 7.65. The van der Waals surface area contributed by atoms with Crippen molar-refractivity contribution in [3.8, 4) is 0 Å². The van der Waals surface area contributed by atoms with Crippen LogP contribution >= 0.6 is 0 Å². The minimum atomic E-state index is -0.331. The Hall–Kier alpha value is -0.460. The number of amides is 2. The van der Waals surface area contributed by atoms with Gasteiger partial charge in [0.2, 0.25) is 11.8 Å². The molecule has 0 radical (unpaired) electrons. The van der Waals surface area contributed by atoms with Gasteiger partial charge in [0.05, 0.1) is 0 Å². The molecule has 0 aliphatic carbocycles. The molecule has 2 amide bonds. The minimum absolute atomic E-state index is 0. The fourth-order valence-corrected chi connectivity index (χ4v) is 1.40. The predicted octanol–water partition coefficient (Wildman–Crippen LogP) is -1.63. The van der Waals surface area contributed by atoms with Gasteiger partial charge in [0.1, 0.15) is 0 Å². The molecule has 88 valence electrons. The zero-order chi connectivity index (χ0) is 12.0. The van der Waals surface area contributed by atoms with Crippen molar-refractivity contribution in [2.24, 2.45) is 0 Å². The van der Waals surface area contributed by atoms with Crippen LogP contribution in [0.5, 0.6) is 0 Å². The molecule has 0 aromatic heterocycles. The molecule has 2 atom stereocenters. The van der Waals surface area contributed by atoms with Crippen molar-refractivity contribution in [3.63, 3.8) is 0 Å². The Morgan fingerprint density at radius 1 is 0.882 bits per heavy atom. The molecule has 0 saturated carbocycles. The Balaban J connectivity index is 0.000000284. The van der Waals surface area contributed by atoms with E-state index in [1.807, 2.05) is 0 Å². The molecule has 2 rings (SSSR count). The molecule has 2 aliphatic heterocycles. The molecule has 0 spiro atoms. The first-order valence-corrected chi connectivity index (χ1v) is 4.99. The van der Waals surface area contributed by atoms with Gasteiger partial charge in [0.25, 0.3) is 0 Å². The van der Waals surface area contributed by atoms with E-state index >= 15 is 0 Å². The Morgan fingerprint density at radius 3 is 1.35 bits per heavy atom. The van der Waals surface area contributed by atoms with Crippen LogP contribution < -0.4 is 10.6 Å². The van der Waals surface area contributed by atoms with Gasteiger partial charge in [-0.1, -0.05) is 12.1 Å². The summed E-state index contributed by atoms with van der Waals surface area (Å²) in [6.07, 6.45) is 5.60. The SMILES string of the molecule is O=[C-][C@@H]1CCC(=O)N1.O=[C-][C@@H]1CCC(=O)N1.[Ca+2]. The molecule has 6 nitrogen and oxygen atoms in total. The summed E-state index contributed by atoms with van der Waals surface area (Å²) in [7, 11) is 0. The van der Waals surface area contributed by atoms with Crippen LogP contribution in [0.3, 0.4) is 0 Å². The van der Waals surface area contributed by atoms with E-state index in [1.165, 1.54) is 0 Å². The van der Waals surface area contributed by atoms with Crippen LogP contribution in [0.15, 0.2) is 0 Å². The van der Waals surface area contributed by atoms with Crippen molar-refractivity contribution >= 4 is 62.1 Å². The van der Waals surface area contributed by atoms with Crippen LogP contribution in [-0.2, 0) is 19.2 Å². The molecule has 17 heavy (non-hydrogen) atoms. The van der Waals surface area contributed by atoms with Crippen LogP contribution in [0, 0.1) is 0 Å². The Kier molecular flexibility index (Phi) is 8.37. The number of hydrogen-bond acceptors (Lipinski definition) is 4. The topological polar surface area (TPSA) is 92.3 Å². The minimum Gasteiger partial charge on any atom is -0.540 e. The van der Waals surface area contributed by atoms with E-state index in [9.17, 15) is 19.2 Å². The van der Waals surface area contributed by atoms with Crippen molar-refractivity contribution in [2.75, 3.05) is 0 Å². The van der Waals surface area contributed by atoms with E-state index in [4.69, 9.17) is 0 Å². The third-order valence-electron chi connectivity index (χ3n) is 2.28.